The van der Waals surface area contributed by atoms with Crippen molar-refractivity contribution in [2.75, 3.05) is 31.1 Å². The predicted molar refractivity (Wildman–Crippen MR) is 152 cm³/mol. The van der Waals surface area contributed by atoms with E-state index in [1.165, 1.54) is 0 Å². The maximum absolute atomic E-state index is 14.0. The number of rotatable bonds is 8. The second-order valence-corrected chi connectivity index (χ2v) is 10.6. The average molecular weight is 566 g/mol. The molecular formula is C32H34F3N3O3. The lowest BCUT2D eigenvalue weighted by atomic mass is 9.92. The molecular weight excluding hydrogens is 531 g/mol. The monoisotopic (exact) mass is 565 g/mol. The lowest BCUT2D eigenvalue weighted by Gasteiger charge is -2.36. The van der Waals surface area contributed by atoms with Crippen molar-refractivity contribution in [2.24, 2.45) is 0 Å². The zero-order valence-electron chi connectivity index (χ0n) is 23.0. The number of amides is 2. The summed E-state index contributed by atoms with van der Waals surface area (Å²) in [5, 5.41) is 2.93. The summed E-state index contributed by atoms with van der Waals surface area (Å²) >= 11 is 0. The molecule has 216 valence electrons. The fourth-order valence-electron chi connectivity index (χ4n) is 5.84. The van der Waals surface area contributed by atoms with Gasteiger partial charge in [-0.1, -0.05) is 67.9 Å². The number of benzene rings is 3. The first kappa shape index (κ1) is 28.5. The maximum Gasteiger partial charge on any atom is 0.412 e. The highest BCUT2D eigenvalue weighted by molar-refractivity contribution is 5.99. The van der Waals surface area contributed by atoms with Gasteiger partial charge in [-0.2, -0.15) is 13.2 Å². The Kier molecular flexibility index (Phi) is 8.52. The molecule has 2 amide bonds. The van der Waals surface area contributed by atoms with Crippen molar-refractivity contribution in [2.45, 2.75) is 50.7 Å². The Morgan fingerprint density at radius 2 is 1.63 bits per heavy atom. The molecule has 0 spiro atoms. The summed E-state index contributed by atoms with van der Waals surface area (Å²) in [5.74, 6) is -0.862. The van der Waals surface area contributed by atoms with Crippen molar-refractivity contribution in [3.05, 3.63) is 83.9 Å². The molecule has 3 aromatic carbocycles. The Balaban J connectivity index is 1.37. The minimum atomic E-state index is -4.49. The van der Waals surface area contributed by atoms with Crippen LogP contribution in [-0.4, -0.2) is 55.3 Å². The summed E-state index contributed by atoms with van der Waals surface area (Å²) in [5.41, 5.74) is 4.11. The van der Waals surface area contributed by atoms with E-state index in [2.05, 4.69) is 10.2 Å². The smallest absolute Gasteiger partial charge is 0.410 e. The first-order chi connectivity index (χ1) is 19.7. The van der Waals surface area contributed by atoms with E-state index in [9.17, 15) is 22.8 Å². The number of hydrogen-bond acceptors (Lipinski definition) is 4. The van der Waals surface area contributed by atoms with E-state index >= 15 is 0 Å². The number of halogens is 3. The van der Waals surface area contributed by atoms with Crippen molar-refractivity contribution >= 4 is 17.7 Å². The van der Waals surface area contributed by atoms with Gasteiger partial charge in [0.1, 0.15) is 12.3 Å². The van der Waals surface area contributed by atoms with E-state index < -0.39 is 30.6 Å². The van der Waals surface area contributed by atoms with Crippen molar-refractivity contribution in [1.82, 2.24) is 10.2 Å². The number of anilines is 1. The number of para-hydroxylation sites is 1. The molecule has 1 saturated heterocycles. The Morgan fingerprint density at radius 1 is 0.951 bits per heavy atom. The van der Waals surface area contributed by atoms with Gasteiger partial charge in [0.05, 0.1) is 5.92 Å². The van der Waals surface area contributed by atoms with Crippen LogP contribution in [0.2, 0.25) is 0 Å². The van der Waals surface area contributed by atoms with Crippen LogP contribution >= 0.6 is 0 Å². The van der Waals surface area contributed by atoms with Gasteiger partial charge in [0.25, 0.3) is 0 Å². The van der Waals surface area contributed by atoms with Crippen LogP contribution in [-0.2, 0) is 4.79 Å². The number of unbranched alkanes of at least 4 members (excludes halogenated alkanes) is 1. The normalized spacial score (nSPS) is 16.6. The topological polar surface area (TPSA) is 61.9 Å². The average Bonchev–Trinajstić information content (AvgIpc) is 3.30. The molecule has 1 aliphatic heterocycles. The van der Waals surface area contributed by atoms with Crippen molar-refractivity contribution in [3.63, 3.8) is 0 Å². The number of carbonyl (C=O) groups is 2. The highest BCUT2D eigenvalue weighted by Crippen LogP contribution is 2.50. The zero-order chi connectivity index (χ0) is 29.0. The van der Waals surface area contributed by atoms with Gasteiger partial charge >= 0.3 is 12.3 Å². The van der Waals surface area contributed by atoms with E-state index in [0.29, 0.717) is 44.5 Å². The quantitative estimate of drug-likeness (QED) is 0.328. The molecule has 41 heavy (non-hydrogen) atoms. The highest BCUT2D eigenvalue weighted by atomic mass is 19.4. The van der Waals surface area contributed by atoms with Crippen LogP contribution in [0.4, 0.5) is 23.7 Å². The third kappa shape index (κ3) is 6.50. The molecule has 5 rings (SSSR count). The summed E-state index contributed by atoms with van der Waals surface area (Å²) in [4.78, 5) is 29.5. The summed E-state index contributed by atoms with van der Waals surface area (Å²) in [7, 11) is 0. The van der Waals surface area contributed by atoms with Gasteiger partial charge in [0, 0.05) is 36.9 Å². The number of ether oxygens (including phenoxy) is 1. The number of fused-ring (bicyclic) bond motifs is 3. The molecule has 1 heterocycles. The fraction of sp³-hybridized carbons (Fsp3) is 0.375. The lowest BCUT2D eigenvalue weighted by molar-refractivity contribution is -0.161. The predicted octanol–water partition coefficient (Wildman–Crippen LogP) is 6.75. The Hall–Kier alpha value is -4.01. The number of alkyl halides is 3. The zero-order valence-corrected chi connectivity index (χ0v) is 23.0. The minimum absolute atomic E-state index is 0.0567. The van der Waals surface area contributed by atoms with E-state index in [1.807, 2.05) is 55.5 Å². The number of piperidine rings is 1. The van der Waals surface area contributed by atoms with Crippen LogP contribution in [0.25, 0.3) is 11.1 Å². The second-order valence-electron chi connectivity index (χ2n) is 10.6. The van der Waals surface area contributed by atoms with Crippen molar-refractivity contribution < 1.29 is 27.5 Å². The second kappa shape index (κ2) is 12.2. The van der Waals surface area contributed by atoms with E-state index in [4.69, 9.17) is 4.74 Å². The van der Waals surface area contributed by atoms with Gasteiger partial charge in [0.2, 0.25) is 5.91 Å². The first-order valence-corrected chi connectivity index (χ1v) is 14.1. The SMILES string of the molecule is CCCCN(CC(F)(F)F)C(=O)C1c2ccccc2-c2cccc(N3CCC(NC(=O)Oc4ccccc4)CC3)c21. The van der Waals surface area contributed by atoms with Crippen LogP contribution in [0, 0.1) is 0 Å². The minimum Gasteiger partial charge on any atom is -0.410 e. The molecule has 0 saturated carbocycles. The number of nitrogens with one attached hydrogen (secondary N) is 1. The van der Waals surface area contributed by atoms with Gasteiger partial charge in [-0.05, 0) is 54.2 Å². The van der Waals surface area contributed by atoms with Crippen LogP contribution < -0.4 is 15.0 Å². The van der Waals surface area contributed by atoms with E-state index in [0.717, 1.165) is 32.8 Å². The molecule has 1 N–H and O–H groups in total. The van der Waals surface area contributed by atoms with Crippen LogP contribution in [0.5, 0.6) is 5.75 Å². The van der Waals surface area contributed by atoms with E-state index in [-0.39, 0.29) is 12.6 Å². The summed E-state index contributed by atoms with van der Waals surface area (Å²) < 4.78 is 46.0. The van der Waals surface area contributed by atoms with Crippen molar-refractivity contribution in [3.8, 4) is 16.9 Å². The molecule has 0 radical (unpaired) electrons. The molecule has 1 fully saturated rings. The summed E-state index contributed by atoms with van der Waals surface area (Å²) in [6.07, 6.45) is -2.48. The molecule has 0 bridgehead atoms. The molecule has 9 heteroatoms. The standard InChI is InChI=1S/C32H34F3N3O3/c1-2-3-18-38(21-32(33,34)35)30(39)29-26-13-8-7-12-24(26)25-14-9-15-27(28(25)29)37-19-16-22(17-20-37)36-31(40)41-23-10-5-4-6-11-23/h4-15,22,29H,2-3,16-21H2,1H3,(H,36,40). The Labute approximate surface area is 238 Å². The van der Waals surface area contributed by atoms with Gasteiger partial charge in [-0.3, -0.25) is 4.79 Å². The summed E-state index contributed by atoms with van der Waals surface area (Å²) in [6.45, 7) is 1.92. The maximum atomic E-state index is 14.0. The number of hydrogen-bond donors (Lipinski definition) is 1. The van der Waals surface area contributed by atoms with Gasteiger partial charge < -0.3 is 19.9 Å². The largest absolute Gasteiger partial charge is 0.412 e. The lowest BCUT2D eigenvalue weighted by Crippen LogP contribution is -2.46. The van der Waals surface area contributed by atoms with Crippen LogP contribution in [0.3, 0.4) is 0 Å². The molecule has 1 unspecified atom stereocenters. The third-order valence-electron chi connectivity index (χ3n) is 7.76. The first-order valence-electron chi connectivity index (χ1n) is 14.1. The van der Waals surface area contributed by atoms with Gasteiger partial charge in [-0.25, -0.2) is 4.79 Å². The Morgan fingerprint density at radius 3 is 2.34 bits per heavy atom. The van der Waals surface area contributed by atoms with Gasteiger partial charge in [0.15, 0.2) is 0 Å². The Bertz CT molecular complexity index is 1370. The molecule has 2 aliphatic rings. The summed E-state index contributed by atoms with van der Waals surface area (Å²) in [6, 6.07) is 22.1. The molecule has 1 atom stereocenters. The van der Waals surface area contributed by atoms with Crippen LogP contribution in [0.15, 0.2) is 72.8 Å². The molecule has 1 aliphatic carbocycles. The third-order valence-corrected chi connectivity index (χ3v) is 7.76. The fourth-order valence-corrected chi connectivity index (χ4v) is 5.84. The molecule has 0 aromatic heterocycles. The van der Waals surface area contributed by atoms with Crippen molar-refractivity contribution in [1.29, 1.82) is 0 Å². The molecule has 3 aromatic rings. The molecule has 6 nitrogen and oxygen atoms in total. The van der Waals surface area contributed by atoms with Gasteiger partial charge in [-0.15, -0.1) is 0 Å². The number of carbonyl (C=O) groups excluding carboxylic acids is 2. The number of nitrogens with zero attached hydrogens (tertiary/aromatic N) is 2. The highest BCUT2D eigenvalue weighted by Gasteiger charge is 2.42. The van der Waals surface area contributed by atoms with Crippen LogP contribution in [0.1, 0.15) is 49.7 Å². The van der Waals surface area contributed by atoms with E-state index in [1.54, 1.807) is 24.3 Å².